The van der Waals surface area contributed by atoms with Crippen molar-refractivity contribution in [2.45, 2.75) is 88.6 Å². The number of carboxylic acids is 1. The Morgan fingerprint density at radius 1 is 0.835 bits per heavy atom. The van der Waals surface area contributed by atoms with Gasteiger partial charge in [0, 0.05) is 116 Å². The number of alkyl halides is 3. The summed E-state index contributed by atoms with van der Waals surface area (Å²) in [4.78, 5) is 98.9. The predicted molar refractivity (Wildman–Crippen MR) is 339 cm³/mol. The van der Waals surface area contributed by atoms with E-state index >= 15 is 0 Å². The number of aromatic nitrogens is 7. The number of benzene rings is 1. The molecule has 506 valence electrons. The van der Waals surface area contributed by atoms with Crippen LogP contribution >= 0.6 is 41.3 Å². The van der Waals surface area contributed by atoms with Crippen LogP contribution in [0, 0.1) is 15.7 Å². The van der Waals surface area contributed by atoms with Crippen LogP contribution in [0.3, 0.4) is 0 Å². The molecule has 0 radical (unpaired) electrons. The van der Waals surface area contributed by atoms with Gasteiger partial charge in [0.1, 0.15) is 37.2 Å². The second-order valence-electron chi connectivity index (χ2n) is 20.9. The van der Waals surface area contributed by atoms with Gasteiger partial charge in [0.05, 0.1) is 30.1 Å². The molecule has 36 nitrogen and oxygen atoms in total. The smallest absolute Gasteiger partial charge is 0.352 e. The van der Waals surface area contributed by atoms with E-state index in [0.717, 1.165) is 83.5 Å². The summed E-state index contributed by atoms with van der Waals surface area (Å²) in [6, 6.07) is 5.55. The molecular weight excluding hydrogens is 1300 g/mol. The lowest BCUT2D eigenvalue weighted by molar-refractivity contribution is -0.252. The van der Waals surface area contributed by atoms with E-state index in [1.165, 1.54) is 64.0 Å². The van der Waals surface area contributed by atoms with Gasteiger partial charge in [0.2, 0.25) is 5.82 Å². The predicted octanol–water partition coefficient (Wildman–Crippen LogP) is 1.13. The fraction of sp³-hybridized carbons (Fsp3) is 0.640. The molecule has 12 N–H and O–H groups in total. The summed E-state index contributed by atoms with van der Waals surface area (Å²) in [5, 5.41) is 73.2. The number of carbonyl (C=O) groups excluding carboxylic acids is 4. The molecule has 6 amide bonds. The Hall–Kier alpha value is -6.74. The fourth-order valence-electron chi connectivity index (χ4n) is 8.51. The number of aromatic amines is 1. The van der Waals surface area contributed by atoms with Gasteiger partial charge in [-0.15, -0.1) is 54.8 Å². The van der Waals surface area contributed by atoms with Gasteiger partial charge < -0.3 is 62.3 Å². The number of hydrogen-bond donors (Lipinski definition) is 10. The molecule has 9 rings (SSSR count). The Labute approximate surface area is 543 Å². The van der Waals surface area contributed by atoms with Crippen molar-refractivity contribution in [3.63, 3.8) is 0 Å². The summed E-state index contributed by atoms with van der Waals surface area (Å²) >= 11 is 22.8. The molecule has 1 aliphatic carbocycles. The number of aryl methyl sites for hydroxylation is 2. The van der Waals surface area contributed by atoms with Crippen LogP contribution in [-0.2, 0) is 34.8 Å². The van der Waals surface area contributed by atoms with Gasteiger partial charge in [-0.3, -0.25) is 19.4 Å². The Bertz CT molecular complexity index is 3070. The molecule has 5 atom stereocenters. The topological polar surface area (TPSA) is 471 Å². The number of aliphatic hydroxyl groups is 4. The molecule has 7 heterocycles. The lowest BCUT2D eigenvalue weighted by atomic mass is 9.87. The van der Waals surface area contributed by atoms with Crippen LogP contribution in [0.4, 0.5) is 21.1 Å². The molecule has 91 heavy (non-hydrogen) atoms. The first-order valence-corrected chi connectivity index (χ1v) is 32.7. The van der Waals surface area contributed by atoms with Crippen LogP contribution < -0.4 is 32.7 Å². The molecule has 1 aromatic carbocycles. The molecule has 1 saturated carbocycles. The molecule has 0 bridgehead atoms. The summed E-state index contributed by atoms with van der Waals surface area (Å²) in [6.07, 6.45) is 2.54. The quantitative estimate of drug-likeness (QED) is 0.0124. The summed E-state index contributed by atoms with van der Waals surface area (Å²) in [6.45, 7) is 9.56. The van der Waals surface area contributed by atoms with Crippen molar-refractivity contribution in [3.8, 4) is 0 Å². The van der Waals surface area contributed by atoms with Crippen LogP contribution in [0.2, 0.25) is 0 Å². The zero-order valence-corrected chi connectivity index (χ0v) is 54.8. The Morgan fingerprint density at radius 3 is 1.90 bits per heavy atom. The number of carboxylic acid groups (broad SMARTS) is 1. The van der Waals surface area contributed by atoms with E-state index in [1.54, 1.807) is 14.1 Å². The van der Waals surface area contributed by atoms with Crippen molar-refractivity contribution in [2.75, 3.05) is 109 Å². The lowest BCUT2D eigenvalue weighted by Crippen LogP contribution is -2.64. The van der Waals surface area contributed by atoms with Crippen molar-refractivity contribution < 1.29 is 54.2 Å². The first-order chi connectivity index (χ1) is 43.3. The van der Waals surface area contributed by atoms with Crippen LogP contribution in [0.25, 0.3) is 5.65 Å². The highest BCUT2D eigenvalue weighted by atomic mass is 35.5. The van der Waals surface area contributed by atoms with E-state index in [9.17, 15) is 53.9 Å². The summed E-state index contributed by atoms with van der Waals surface area (Å²) in [5.74, 6) is 0.180. The van der Waals surface area contributed by atoms with Crippen molar-refractivity contribution in [1.82, 2.24) is 74.0 Å². The number of imidazole rings is 2. The van der Waals surface area contributed by atoms with Crippen molar-refractivity contribution in [2.24, 2.45) is 45.3 Å². The number of H-pyrrole nitrogens is 1. The third kappa shape index (κ3) is 24.4. The number of aliphatic carboxylic acids is 1. The highest BCUT2D eigenvalue weighted by Crippen LogP contribution is 2.65. The van der Waals surface area contributed by atoms with Crippen LogP contribution in [0.15, 0.2) is 62.6 Å². The number of fused-ring (bicyclic) bond motifs is 1. The van der Waals surface area contributed by atoms with Crippen LogP contribution in [-0.4, -0.2) is 260 Å². The molecule has 4 saturated heterocycles. The Morgan fingerprint density at radius 2 is 1.42 bits per heavy atom. The zero-order chi connectivity index (χ0) is 67.5. The Balaban J connectivity index is 0.000000235. The van der Waals surface area contributed by atoms with Crippen molar-refractivity contribution in [1.29, 1.82) is 0 Å². The number of nitrogens with two attached hydrogens (primary N) is 2. The summed E-state index contributed by atoms with van der Waals surface area (Å²) < 4.78 is 14.4. The number of anilines is 1. The maximum atomic E-state index is 11.6. The number of halogens is 3. The van der Waals surface area contributed by atoms with E-state index in [1.807, 2.05) is 24.3 Å². The number of amides is 6. The summed E-state index contributed by atoms with van der Waals surface area (Å²) in [7, 11) is 5.93. The third-order valence-corrected chi connectivity index (χ3v) is 19.7. The number of hydrogen-bond acceptors (Lipinski definition) is 23. The number of nitrogens with one attached hydrogen (secondary N) is 3. The standard InChI is InChI=1S/C14H19Cl2NO2.C10H18ClN3O2.C8H15N3O7.C6H6N6O2.C6H10N6O.C6H12N3PS/c15-8-10-17(11-9-16)13-6-4-12(5-7-13)2-1-3-14(18)19;1-8-2-4-9(5-3-8)12-10(15)14(13-16)7-6-11;1-11(10-17)8(16)9-4-6(14)5(13)3(2-12)18-7(4)15;1-11-6(14)12-2-8-3(4(7)13)5(12)9-10-11;1-12(2)11-10-6-4(5(7)13)8-3-9-6;11-10(7-1-2-7,8-3-4-8)9-5-6-9/h4-7H,1-3,8-11H2,(H,18,19);8-9H,2-7H2,1H3,(H,12,15);3-7,12-15H,2H2,1H3,(H,9,16);2H,1H3,(H2,7,13);3H,1-2H3,(H2,7,13)(H,8,9);1-6H2/t;;3-,4-,5-,6-,7+;;;/m..1.../s1. The minimum atomic E-state index is -1.63. The maximum absolute atomic E-state index is 11.6. The minimum absolute atomic E-state index is 0.0600. The lowest BCUT2D eigenvalue weighted by Gasteiger charge is -2.40. The number of rotatable bonds is 23. The van der Waals surface area contributed by atoms with Crippen LogP contribution in [0.1, 0.15) is 72.0 Å². The SMILES string of the molecule is CC1CCC(NC(=O)N(CCCl)N=O)CC1.CN(C)N=Nc1nc[nH]c1C(N)=O.CN(N=O)C(=O)N[C@@H]1[C@@H](O)[C@H](O)[C@@H](CO)O[C@@H]1O.Cn1nnc2c(C(N)=O)ncn2c1=O.O=C(O)CCCc1ccc(N(CCCl)CCCl)cc1.S=P(N1CC1)(N1CC1)N1CC1. The minimum Gasteiger partial charge on any atom is -0.481 e. The molecule has 4 aromatic rings. The van der Waals surface area contributed by atoms with Crippen molar-refractivity contribution >= 4 is 100 Å². The molecule has 0 spiro atoms. The van der Waals surface area contributed by atoms with Gasteiger partial charge in [-0.1, -0.05) is 29.5 Å². The molecular formula is C50H80Cl3N22O14PS. The van der Waals surface area contributed by atoms with E-state index in [4.69, 9.17) is 73.0 Å². The first-order valence-electron chi connectivity index (χ1n) is 28.5. The average Bonchev–Trinajstić information content (AvgIpc) is 1.59. The number of aliphatic hydroxyl groups excluding tert-OH is 4. The van der Waals surface area contributed by atoms with Gasteiger partial charge in [-0.2, -0.15) is 14.7 Å². The normalized spacial score (nSPS) is 20.7. The number of nitrogens with zero attached hydrogens (tertiary/aromatic N) is 17. The monoisotopic (exact) mass is 1380 g/mol. The Kier molecular flexibility index (Phi) is 32.3. The molecule has 41 heteroatoms. The number of ether oxygens (including phenoxy) is 1. The highest BCUT2D eigenvalue weighted by Gasteiger charge is 2.51. The third-order valence-electron chi connectivity index (χ3n) is 13.7. The average molecular weight is 1380 g/mol. The van der Waals surface area contributed by atoms with Crippen LogP contribution in [0.5, 0.6) is 0 Å². The van der Waals surface area contributed by atoms with Gasteiger partial charge in [-0.05, 0) is 73.9 Å². The van der Waals surface area contributed by atoms with E-state index in [-0.39, 0.29) is 47.7 Å². The maximum Gasteiger partial charge on any atom is 0.352 e. The fourth-order valence-corrected chi connectivity index (χ4v) is 13.5. The second-order valence-corrected chi connectivity index (χ2v) is 26.2. The van der Waals surface area contributed by atoms with Gasteiger partial charge in [-0.25, -0.2) is 42.8 Å². The van der Waals surface area contributed by atoms with Gasteiger partial charge >= 0.3 is 23.7 Å². The number of nitroso groups, excluding NO2 is 2. The molecule has 5 fully saturated rings. The van der Waals surface area contributed by atoms with E-state index < -0.39 is 79.3 Å². The van der Waals surface area contributed by atoms with Gasteiger partial charge in [0.15, 0.2) is 23.3 Å². The van der Waals surface area contributed by atoms with E-state index in [0.29, 0.717) is 23.2 Å². The largest absolute Gasteiger partial charge is 0.481 e. The second kappa shape index (κ2) is 38.3. The molecule has 3 aromatic heterocycles. The van der Waals surface area contributed by atoms with E-state index in [2.05, 4.69) is 82.6 Å². The molecule has 4 aliphatic heterocycles. The molecule has 0 unspecified atom stereocenters. The number of carbonyl (C=O) groups is 5. The molecule has 5 aliphatic rings. The first kappa shape index (κ1) is 76.7. The zero-order valence-electron chi connectivity index (χ0n) is 50.8. The number of urea groups is 2. The highest BCUT2D eigenvalue weighted by molar-refractivity contribution is 8.11. The van der Waals surface area contributed by atoms with Crippen molar-refractivity contribution in [3.05, 3.63) is 74.2 Å². The number of primary amides is 2. The summed E-state index contributed by atoms with van der Waals surface area (Å²) in [5.41, 5.74) is 12.0. The van der Waals surface area contributed by atoms with Gasteiger partial charge in [0.25, 0.3) is 11.8 Å².